The maximum Gasteiger partial charge on any atom is 0.0404 e. The highest BCUT2D eigenvalue weighted by molar-refractivity contribution is 5.59. The lowest BCUT2D eigenvalue weighted by Gasteiger charge is -2.43. The van der Waals surface area contributed by atoms with Gasteiger partial charge in [0.25, 0.3) is 0 Å². The number of para-hydroxylation sites is 1. The van der Waals surface area contributed by atoms with Crippen molar-refractivity contribution in [3.63, 3.8) is 0 Å². The van der Waals surface area contributed by atoms with E-state index in [1.807, 2.05) is 7.05 Å². The Morgan fingerprint density at radius 2 is 1.94 bits per heavy atom. The zero-order chi connectivity index (χ0) is 13.0. The standard InChI is InChI=1S/C16H26N2/c1-4-16(5-2)10-12-18(13-11-17-3)15-9-7-6-8-14(15)16/h6-9,17H,4-5,10-13H2,1-3H3. The van der Waals surface area contributed by atoms with Gasteiger partial charge >= 0.3 is 0 Å². The van der Waals surface area contributed by atoms with Crippen LogP contribution in [-0.4, -0.2) is 26.7 Å². The van der Waals surface area contributed by atoms with Crippen molar-refractivity contribution < 1.29 is 0 Å². The van der Waals surface area contributed by atoms with Gasteiger partial charge in [0.1, 0.15) is 0 Å². The van der Waals surface area contributed by atoms with E-state index in [0.29, 0.717) is 5.41 Å². The number of benzene rings is 1. The quantitative estimate of drug-likeness (QED) is 0.858. The molecule has 1 aromatic rings. The van der Waals surface area contributed by atoms with Crippen LogP contribution >= 0.6 is 0 Å². The van der Waals surface area contributed by atoms with Gasteiger partial charge in [-0.05, 0) is 43.4 Å². The van der Waals surface area contributed by atoms with E-state index in [2.05, 4.69) is 48.3 Å². The largest absolute Gasteiger partial charge is 0.370 e. The van der Waals surface area contributed by atoms with Crippen molar-refractivity contribution in [2.75, 3.05) is 31.6 Å². The number of hydrogen-bond acceptors (Lipinski definition) is 2. The van der Waals surface area contributed by atoms with Crippen molar-refractivity contribution in [3.05, 3.63) is 29.8 Å². The lowest BCUT2D eigenvalue weighted by atomic mass is 9.70. The highest BCUT2D eigenvalue weighted by atomic mass is 15.2. The normalized spacial score (nSPS) is 17.6. The molecule has 18 heavy (non-hydrogen) atoms. The topological polar surface area (TPSA) is 15.3 Å². The SMILES string of the molecule is CCC1(CC)CCN(CCNC)c2ccccc21. The van der Waals surface area contributed by atoms with Gasteiger partial charge in [0.2, 0.25) is 0 Å². The van der Waals surface area contributed by atoms with Crippen LogP contribution in [0.25, 0.3) is 0 Å². The Labute approximate surface area is 111 Å². The van der Waals surface area contributed by atoms with Crippen LogP contribution in [0.2, 0.25) is 0 Å². The van der Waals surface area contributed by atoms with Crippen molar-refractivity contribution >= 4 is 5.69 Å². The first kappa shape index (κ1) is 13.4. The summed E-state index contributed by atoms with van der Waals surface area (Å²) in [5, 5.41) is 3.25. The maximum absolute atomic E-state index is 3.25. The van der Waals surface area contributed by atoms with E-state index in [4.69, 9.17) is 0 Å². The summed E-state index contributed by atoms with van der Waals surface area (Å²) >= 11 is 0. The second-order valence-corrected chi connectivity index (χ2v) is 5.35. The van der Waals surface area contributed by atoms with Crippen molar-refractivity contribution in [3.8, 4) is 0 Å². The molecule has 1 aromatic carbocycles. The minimum absolute atomic E-state index is 0.409. The van der Waals surface area contributed by atoms with E-state index < -0.39 is 0 Å². The predicted octanol–water partition coefficient (Wildman–Crippen LogP) is 3.17. The number of nitrogens with one attached hydrogen (secondary N) is 1. The molecule has 100 valence electrons. The fourth-order valence-corrected chi connectivity index (χ4v) is 3.27. The van der Waals surface area contributed by atoms with E-state index >= 15 is 0 Å². The number of rotatable bonds is 5. The highest BCUT2D eigenvalue weighted by Gasteiger charge is 2.35. The Bertz CT molecular complexity index is 382. The van der Waals surface area contributed by atoms with Crippen LogP contribution in [0, 0.1) is 0 Å². The number of nitrogens with zero attached hydrogens (tertiary/aromatic N) is 1. The molecule has 1 aliphatic rings. The minimum atomic E-state index is 0.409. The highest BCUT2D eigenvalue weighted by Crippen LogP contribution is 2.44. The molecular weight excluding hydrogens is 220 g/mol. The molecule has 0 radical (unpaired) electrons. The molecule has 1 N–H and O–H groups in total. The third-order valence-electron chi connectivity index (χ3n) is 4.66. The molecular formula is C16H26N2. The summed E-state index contributed by atoms with van der Waals surface area (Å²) in [4.78, 5) is 2.54. The monoisotopic (exact) mass is 246 g/mol. The molecule has 2 rings (SSSR count). The van der Waals surface area contributed by atoms with Crippen molar-refractivity contribution in [1.29, 1.82) is 0 Å². The lowest BCUT2D eigenvalue weighted by molar-refractivity contribution is 0.352. The molecule has 0 unspecified atom stereocenters. The number of anilines is 1. The van der Waals surface area contributed by atoms with Gasteiger partial charge in [-0.25, -0.2) is 0 Å². The molecule has 0 saturated carbocycles. The molecule has 0 fully saturated rings. The van der Waals surface area contributed by atoms with Crippen LogP contribution < -0.4 is 10.2 Å². The first-order valence-corrected chi connectivity index (χ1v) is 7.26. The summed E-state index contributed by atoms with van der Waals surface area (Å²) < 4.78 is 0. The van der Waals surface area contributed by atoms with Crippen LogP contribution in [0.3, 0.4) is 0 Å². The van der Waals surface area contributed by atoms with Crippen molar-refractivity contribution in [1.82, 2.24) is 5.32 Å². The summed E-state index contributed by atoms with van der Waals surface area (Å²) in [5.74, 6) is 0. The Morgan fingerprint density at radius 3 is 2.61 bits per heavy atom. The van der Waals surface area contributed by atoms with Crippen LogP contribution in [0.5, 0.6) is 0 Å². The molecule has 0 bridgehead atoms. The zero-order valence-electron chi connectivity index (χ0n) is 12.0. The average molecular weight is 246 g/mol. The summed E-state index contributed by atoms with van der Waals surface area (Å²) in [6, 6.07) is 9.01. The molecule has 0 saturated heterocycles. The van der Waals surface area contributed by atoms with Crippen LogP contribution in [0.4, 0.5) is 5.69 Å². The van der Waals surface area contributed by atoms with Crippen LogP contribution in [0.15, 0.2) is 24.3 Å². The number of likely N-dealkylation sites (N-methyl/N-ethyl adjacent to an activating group) is 1. The van der Waals surface area contributed by atoms with Gasteiger partial charge in [0, 0.05) is 25.3 Å². The average Bonchev–Trinajstić information content (AvgIpc) is 2.45. The van der Waals surface area contributed by atoms with E-state index in [9.17, 15) is 0 Å². The lowest BCUT2D eigenvalue weighted by Crippen LogP contribution is -2.42. The van der Waals surface area contributed by atoms with E-state index in [1.165, 1.54) is 31.5 Å². The molecule has 0 aromatic heterocycles. The Hall–Kier alpha value is -1.02. The summed E-state index contributed by atoms with van der Waals surface area (Å²) in [6.07, 6.45) is 3.79. The fourth-order valence-electron chi connectivity index (χ4n) is 3.27. The zero-order valence-corrected chi connectivity index (χ0v) is 12.0. The second-order valence-electron chi connectivity index (χ2n) is 5.35. The van der Waals surface area contributed by atoms with Crippen molar-refractivity contribution in [2.24, 2.45) is 0 Å². The molecule has 0 spiro atoms. The third kappa shape index (κ3) is 2.26. The molecule has 2 nitrogen and oxygen atoms in total. The molecule has 1 heterocycles. The fraction of sp³-hybridized carbons (Fsp3) is 0.625. The van der Waals surface area contributed by atoms with Gasteiger partial charge in [-0.2, -0.15) is 0 Å². The number of fused-ring (bicyclic) bond motifs is 1. The van der Waals surface area contributed by atoms with E-state index in [0.717, 1.165) is 13.1 Å². The molecule has 0 aliphatic carbocycles. The Kier molecular flexibility index (Phi) is 4.28. The Balaban J connectivity index is 2.34. The molecule has 0 atom stereocenters. The second kappa shape index (κ2) is 5.75. The number of hydrogen-bond donors (Lipinski definition) is 1. The van der Waals surface area contributed by atoms with E-state index in [-0.39, 0.29) is 0 Å². The van der Waals surface area contributed by atoms with Gasteiger partial charge in [0.05, 0.1) is 0 Å². The third-order valence-corrected chi connectivity index (χ3v) is 4.66. The summed E-state index contributed by atoms with van der Waals surface area (Å²) in [6.45, 7) is 8.03. The van der Waals surface area contributed by atoms with Crippen molar-refractivity contribution in [2.45, 2.75) is 38.5 Å². The van der Waals surface area contributed by atoms with Crippen LogP contribution in [-0.2, 0) is 5.41 Å². The smallest absolute Gasteiger partial charge is 0.0404 e. The summed E-state index contributed by atoms with van der Waals surface area (Å²) in [5.41, 5.74) is 3.44. The maximum atomic E-state index is 3.25. The van der Waals surface area contributed by atoms with Gasteiger partial charge in [-0.15, -0.1) is 0 Å². The van der Waals surface area contributed by atoms with Gasteiger partial charge in [0.15, 0.2) is 0 Å². The van der Waals surface area contributed by atoms with Gasteiger partial charge < -0.3 is 10.2 Å². The molecule has 2 heteroatoms. The molecule has 0 amide bonds. The predicted molar refractivity (Wildman–Crippen MR) is 79.5 cm³/mol. The summed E-state index contributed by atoms with van der Waals surface area (Å²) in [7, 11) is 2.03. The van der Waals surface area contributed by atoms with Gasteiger partial charge in [-0.1, -0.05) is 32.0 Å². The van der Waals surface area contributed by atoms with E-state index in [1.54, 1.807) is 5.56 Å². The van der Waals surface area contributed by atoms with Crippen LogP contribution in [0.1, 0.15) is 38.7 Å². The molecule has 1 aliphatic heterocycles. The first-order chi connectivity index (χ1) is 8.77. The Morgan fingerprint density at radius 1 is 1.22 bits per heavy atom. The first-order valence-electron chi connectivity index (χ1n) is 7.26. The van der Waals surface area contributed by atoms with Gasteiger partial charge in [-0.3, -0.25) is 0 Å². The minimum Gasteiger partial charge on any atom is -0.370 e.